The van der Waals surface area contributed by atoms with Gasteiger partial charge in [0.2, 0.25) is 0 Å². The Morgan fingerprint density at radius 2 is 1.61 bits per heavy atom. The van der Waals surface area contributed by atoms with Crippen molar-refractivity contribution in [2.75, 3.05) is 0 Å². The van der Waals surface area contributed by atoms with E-state index in [-0.39, 0.29) is 62.6 Å². The molecule has 0 spiro atoms. The predicted molar refractivity (Wildman–Crippen MR) is 177 cm³/mol. The van der Waals surface area contributed by atoms with E-state index >= 15 is 0 Å². The SMILES string of the molecule is CC1(C)CC[C@]2(NC(=O)/C(C#N)=C/c3ccccc3)CC[C@]3(C)[C@H](C(=O)C=C4[C@@]5(C)C=C(C#N)C(=O)C(C)(C)[C@@H]5CC[C@]43C)[C@@H]2C1. The second kappa shape index (κ2) is 10.4. The molecule has 46 heavy (non-hydrogen) atoms. The van der Waals surface area contributed by atoms with Crippen LogP contribution in [-0.4, -0.2) is 23.0 Å². The number of allylic oxidation sites excluding steroid dienone is 4. The number of Topliss-reactive ketones (excluding diaryl/α,β-unsaturated/α-hetero) is 1. The fourth-order valence-electron chi connectivity index (χ4n) is 11.0. The molecule has 240 valence electrons. The van der Waals surface area contributed by atoms with Crippen molar-refractivity contribution in [2.45, 2.75) is 99.0 Å². The van der Waals surface area contributed by atoms with Crippen molar-refractivity contribution < 1.29 is 14.4 Å². The lowest BCUT2D eigenvalue weighted by atomic mass is 9.35. The molecule has 7 atom stereocenters. The molecule has 1 aromatic rings. The summed E-state index contributed by atoms with van der Waals surface area (Å²) in [5.41, 5.74) is -0.448. The smallest absolute Gasteiger partial charge is 0.262 e. The van der Waals surface area contributed by atoms with Crippen molar-refractivity contribution in [1.82, 2.24) is 5.32 Å². The molecule has 0 bridgehead atoms. The quantitative estimate of drug-likeness (QED) is 0.276. The van der Waals surface area contributed by atoms with Gasteiger partial charge in [-0.25, -0.2) is 0 Å². The second-order valence-corrected chi connectivity index (χ2v) is 16.9. The molecule has 1 amide bonds. The van der Waals surface area contributed by atoms with Crippen molar-refractivity contribution in [3.05, 3.63) is 64.8 Å². The molecule has 3 saturated carbocycles. The fourth-order valence-corrected chi connectivity index (χ4v) is 11.0. The van der Waals surface area contributed by atoms with Gasteiger partial charge in [0.05, 0.1) is 5.57 Å². The summed E-state index contributed by atoms with van der Waals surface area (Å²) in [7, 11) is 0. The second-order valence-electron chi connectivity index (χ2n) is 16.9. The average Bonchev–Trinajstić information content (AvgIpc) is 3.00. The van der Waals surface area contributed by atoms with E-state index in [1.54, 1.807) is 6.08 Å². The van der Waals surface area contributed by atoms with Crippen LogP contribution >= 0.6 is 0 Å². The van der Waals surface area contributed by atoms with Gasteiger partial charge in [0.1, 0.15) is 17.7 Å². The summed E-state index contributed by atoms with van der Waals surface area (Å²) in [6, 6.07) is 13.7. The summed E-state index contributed by atoms with van der Waals surface area (Å²) in [5, 5.41) is 23.4. The fraction of sp³-hybridized carbons (Fsp3) is 0.575. The highest BCUT2D eigenvalue weighted by atomic mass is 16.2. The van der Waals surface area contributed by atoms with Crippen LogP contribution in [0.5, 0.6) is 0 Å². The van der Waals surface area contributed by atoms with Gasteiger partial charge >= 0.3 is 0 Å². The number of benzene rings is 1. The van der Waals surface area contributed by atoms with Crippen LogP contribution in [0.4, 0.5) is 0 Å². The molecule has 0 heterocycles. The highest BCUT2D eigenvalue weighted by Gasteiger charge is 2.70. The normalized spacial score (nSPS) is 39.2. The van der Waals surface area contributed by atoms with Gasteiger partial charge in [-0.15, -0.1) is 0 Å². The Balaban J connectivity index is 1.44. The molecular formula is C40H47N3O3. The molecule has 6 nitrogen and oxygen atoms in total. The highest BCUT2D eigenvalue weighted by molar-refractivity contribution is 6.05. The van der Waals surface area contributed by atoms with E-state index in [1.165, 1.54) is 0 Å². The number of carbonyl (C=O) groups excluding carboxylic acids is 3. The Morgan fingerprint density at radius 3 is 2.26 bits per heavy atom. The summed E-state index contributed by atoms with van der Waals surface area (Å²) in [4.78, 5) is 42.0. The zero-order valence-corrected chi connectivity index (χ0v) is 28.4. The zero-order valence-electron chi connectivity index (χ0n) is 28.4. The summed E-state index contributed by atoms with van der Waals surface area (Å²) in [6.07, 6.45) is 11.1. The van der Waals surface area contributed by atoms with Crippen LogP contribution in [0.25, 0.3) is 6.08 Å². The number of nitrogens with zero attached hydrogens (tertiary/aromatic N) is 2. The maximum Gasteiger partial charge on any atom is 0.262 e. The zero-order chi connectivity index (χ0) is 33.5. The first-order chi connectivity index (χ1) is 21.5. The van der Waals surface area contributed by atoms with Crippen molar-refractivity contribution in [3.63, 3.8) is 0 Å². The van der Waals surface area contributed by atoms with E-state index in [0.29, 0.717) is 0 Å². The minimum atomic E-state index is -0.706. The van der Waals surface area contributed by atoms with E-state index in [4.69, 9.17) is 0 Å². The maximum absolute atomic E-state index is 14.7. The number of ketones is 2. The number of amides is 1. The van der Waals surface area contributed by atoms with Gasteiger partial charge in [0.25, 0.3) is 5.91 Å². The van der Waals surface area contributed by atoms with Gasteiger partial charge in [0.15, 0.2) is 11.6 Å². The number of rotatable bonds is 3. The van der Waals surface area contributed by atoms with Crippen molar-refractivity contribution in [3.8, 4) is 12.1 Å². The van der Waals surface area contributed by atoms with Crippen LogP contribution in [0.15, 0.2) is 59.2 Å². The summed E-state index contributed by atoms with van der Waals surface area (Å²) >= 11 is 0. The summed E-state index contributed by atoms with van der Waals surface area (Å²) in [6.45, 7) is 15.2. The molecule has 0 aromatic heterocycles. The first kappa shape index (κ1) is 32.2. The van der Waals surface area contributed by atoms with Gasteiger partial charge in [-0.3, -0.25) is 14.4 Å². The summed E-state index contributed by atoms with van der Waals surface area (Å²) in [5.74, 6) is -0.766. The van der Waals surface area contributed by atoms with Crippen LogP contribution in [0, 0.1) is 67.5 Å². The Kier molecular flexibility index (Phi) is 7.25. The Morgan fingerprint density at radius 1 is 0.935 bits per heavy atom. The number of hydrogen-bond donors (Lipinski definition) is 1. The van der Waals surface area contributed by atoms with Gasteiger partial charge in [-0.05, 0) is 90.7 Å². The molecule has 1 N–H and O–H groups in total. The number of nitrogens with one attached hydrogen (secondary N) is 1. The highest BCUT2D eigenvalue weighted by Crippen LogP contribution is 2.73. The predicted octanol–water partition coefficient (Wildman–Crippen LogP) is 7.68. The van der Waals surface area contributed by atoms with Crippen molar-refractivity contribution >= 4 is 23.5 Å². The minimum Gasteiger partial charge on any atom is -0.346 e. The molecule has 0 unspecified atom stereocenters. The third kappa shape index (κ3) is 4.43. The van der Waals surface area contributed by atoms with Crippen LogP contribution in [-0.2, 0) is 14.4 Å². The first-order valence-electron chi connectivity index (χ1n) is 16.9. The van der Waals surface area contributed by atoms with Crippen LogP contribution in [0.1, 0.15) is 99.0 Å². The van der Waals surface area contributed by atoms with Crippen molar-refractivity contribution in [2.24, 2.45) is 44.8 Å². The largest absolute Gasteiger partial charge is 0.346 e. The van der Waals surface area contributed by atoms with E-state index in [0.717, 1.165) is 56.1 Å². The molecule has 6 heteroatoms. The van der Waals surface area contributed by atoms with E-state index in [1.807, 2.05) is 56.3 Å². The minimum absolute atomic E-state index is 0.00207. The van der Waals surface area contributed by atoms with Crippen LogP contribution < -0.4 is 5.32 Å². The first-order valence-corrected chi connectivity index (χ1v) is 16.9. The molecule has 5 aliphatic carbocycles. The Bertz CT molecular complexity index is 1700. The molecule has 0 saturated heterocycles. The number of nitriles is 2. The average molecular weight is 618 g/mol. The van der Waals surface area contributed by atoms with Gasteiger partial charge in [-0.2, -0.15) is 10.5 Å². The number of fused-ring (bicyclic) bond motifs is 7. The van der Waals surface area contributed by atoms with E-state index < -0.39 is 16.4 Å². The Hall–Kier alpha value is -3.77. The third-order valence-electron chi connectivity index (χ3n) is 13.7. The lowest BCUT2D eigenvalue weighted by Gasteiger charge is -2.69. The third-order valence-corrected chi connectivity index (χ3v) is 13.7. The molecule has 3 fully saturated rings. The van der Waals surface area contributed by atoms with E-state index in [2.05, 4.69) is 52.1 Å². The topological polar surface area (TPSA) is 111 Å². The molecular weight excluding hydrogens is 570 g/mol. The van der Waals surface area contributed by atoms with Gasteiger partial charge in [-0.1, -0.05) is 90.4 Å². The van der Waals surface area contributed by atoms with Gasteiger partial charge in [0, 0.05) is 22.3 Å². The van der Waals surface area contributed by atoms with Crippen LogP contribution in [0.3, 0.4) is 0 Å². The number of carbonyl (C=O) groups is 3. The molecule has 5 aliphatic rings. The Labute approximate surface area is 274 Å². The summed E-state index contributed by atoms with van der Waals surface area (Å²) < 4.78 is 0. The molecule has 6 rings (SSSR count). The monoisotopic (exact) mass is 617 g/mol. The molecule has 0 aliphatic heterocycles. The standard InChI is InChI=1S/C40H47N3O3/c1-35(2)15-17-40(43-34(46)26(23-41)19-25-11-9-8-10-12-25)18-16-39(7)32(28(40)22-35)29(44)20-31-37(5)21-27(24-42)33(45)36(3,4)30(37)13-14-38(31,39)6/h8-12,19-21,28,30,32H,13-18,22H2,1-7H3,(H,43,46)/b26-19+/t28-,30-,32-,37-,38+,39+,40-/m0/s1. The van der Waals surface area contributed by atoms with E-state index in [9.17, 15) is 24.9 Å². The number of hydrogen-bond acceptors (Lipinski definition) is 5. The maximum atomic E-state index is 14.7. The van der Waals surface area contributed by atoms with Crippen molar-refractivity contribution in [1.29, 1.82) is 10.5 Å². The lowest BCUT2D eigenvalue weighted by Crippen LogP contribution is -2.69. The molecule has 1 aromatic carbocycles. The van der Waals surface area contributed by atoms with Gasteiger partial charge < -0.3 is 5.32 Å². The lowest BCUT2D eigenvalue weighted by molar-refractivity contribution is -0.163. The van der Waals surface area contributed by atoms with Crippen LogP contribution in [0.2, 0.25) is 0 Å². The molecule has 0 radical (unpaired) electrons.